The Morgan fingerprint density at radius 3 is 2.76 bits per heavy atom. The number of thioether (sulfide) groups is 1. The molecule has 1 aromatic heterocycles. The van der Waals surface area contributed by atoms with Crippen molar-refractivity contribution in [1.29, 1.82) is 0 Å². The molecule has 0 aliphatic rings. The number of aryl methyl sites for hydroxylation is 1. The third-order valence-electron chi connectivity index (χ3n) is 3.43. The minimum atomic E-state index is -1.01. The van der Waals surface area contributed by atoms with E-state index in [0.29, 0.717) is 5.16 Å². The summed E-state index contributed by atoms with van der Waals surface area (Å²) in [5.74, 6) is -2.26. The van der Waals surface area contributed by atoms with Crippen LogP contribution in [0.5, 0.6) is 0 Å². The molecule has 3 rings (SSSR count). The van der Waals surface area contributed by atoms with Gasteiger partial charge in [0, 0.05) is 11.8 Å². The van der Waals surface area contributed by atoms with Crippen LogP contribution < -0.4 is 5.32 Å². The molecule has 1 heterocycles. The Kier molecular flexibility index (Phi) is 5.08. The number of hydrogen-bond donors (Lipinski definition) is 1. The number of anilines is 1. The first-order chi connectivity index (χ1) is 12.0. The molecule has 1 N–H and O–H groups in total. The highest BCUT2D eigenvalue weighted by Crippen LogP contribution is 2.22. The summed E-state index contributed by atoms with van der Waals surface area (Å²) in [5, 5.41) is 11.0. The molecule has 0 saturated carbocycles. The van der Waals surface area contributed by atoms with Gasteiger partial charge in [-0.25, -0.2) is 8.78 Å². The zero-order valence-electron chi connectivity index (χ0n) is 13.2. The van der Waals surface area contributed by atoms with Gasteiger partial charge < -0.3 is 5.32 Å². The van der Waals surface area contributed by atoms with Crippen molar-refractivity contribution in [1.82, 2.24) is 14.8 Å². The Bertz CT molecular complexity index is 913. The van der Waals surface area contributed by atoms with Gasteiger partial charge in [-0.1, -0.05) is 30.0 Å². The third-order valence-corrected chi connectivity index (χ3v) is 4.37. The molecule has 1 amide bonds. The molecule has 128 valence electrons. The average molecular weight is 360 g/mol. The van der Waals surface area contributed by atoms with E-state index in [1.54, 1.807) is 10.9 Å². The van der Waals surface area contributed by atoms with E-state index in [1.807, 2.05) is 31.2 Å². The Hall–Kier alpha value is -2.74. The SMILES string of the molecule is Cc1ccccc1-n1cnnc1SCC(=O)Nc1ccc(F)c(F)c1. The van der Waals surface area contributed by atoms with Crippen molar-refractivity contribution in [3.8, 4) is 5.69 Å². The van der Waals surface area contributed by atoms with E-state index in [9.17, 15) is 13.6 Å². The third kappa shape index (κ3) is 4.03. The summed E-state index contributed by atoms with van der Waals surface area (Å²) in [4.78, 5) is 12.0. The van der Waals surface area contributed by atoms with Crippen LogP contribution in [-0.2, 0) is 4.79 Å². The van der Waals surface area contributed by atoms with E-state index >= 15 is 0 Å². The number of para-hydroxylation sites is 1. The van der Waals surface area contributed by atoms with Crippen molar-refractivity contribution in [3.63, 3.8) is 0 Å². The van der Waals surface area contributed by atoms with E-state index in [0.717, 1.165) is 23.4 Å². The van der Waals surface area contributed by atoms with Crippen LogP contribution in [0.3, 0.4) is 0 Å². The highest BCUT2D eigenvalue weighted by Gasteiger charge is 2.12. The number of benzene rings is 2. The lowest BCUT2D eigenvalue weighted by Crippen LogP contribution is -2.14. The van der Waals surface area contributed by atoms with Gasteiger partial charge in [-0.3, -0.25) is 9.36 Å². The van der Waals surface area contributed by atoms with Gasteiger partial charge in [-0.2, -0.15) is 0 Å². The lowest BCUT2D eigenvalue weighted by Gasteiger charge is -2.09. The molecule has 25 heavy (non-hydrogen) atoms. The van der Waals surface area contributed by atoms with E-state index in [1.165, 1.54) is 17.8 Å². The van der Waals surface area contributed by atoms with Crippen molar-refractivity contribution >= 4 is 23.4 Å². The second-order valence-corrected chi connectivity index (χ2v) is 6.18. The van der Waals surface area contributed by atoms with E-state index in [2.05, 4.69) is 15.5 Å². The number of halogens is 2. The number of aromatic nitrogens is 3. The normalized spacial score (nSPS) is 10.7. The predicted molar refractivity (Wildman–Crippen MR) is 91.8 cm³/mol. The van der Waals surface area contributed by atoms with Gasteiger partial charge in [-0.05, 0) is 30.7 Å². The van der Waals surface area contributed by atoms with Crippen LogP contribution in [-0.4, -0.2) is 26.4 Å². The van der Waals surface area contributed by atoms with Crippen LogP contribution in [0.15, 0.2) is 53.9 Å². The summed E-state index contributed by atoms with van der Waals surface area (Å²) >= 11 is 1.20. The first-order valence-electron chi connectivity index (χ1n) is 7.38. The summed E-state index contributed by atoms with van der Waals surface area (Å²) < 4.78 is 27.9. The minimum Gasteiger partial charge on any atom is -0.325 e. The van der Waals surface area contributed by atoms with Gasteiger partial charge in [0.2, 0.25) is 5.91 Å². The topological polar surface area (TPSA) is 59.8 Å². The summed E-state index contributed by atoms with van der Waals surface area (Å²) in [6.45, 7) is 1.97. The van der Waals surface area contributed by atoms with Gasteiger partial charge in [0.25, 0.3) is 0 Å². The quantitative estimate of drug-likeness (QED) is 0.707. The fourth-order valence-corrected chi connectivity index (χ4v) is 2.94. The monoisotopic (exact) mass is 360 g/mol. The summed E-state index contributed by atoms with van der Waals surface area (Å²) in [6, 6.07) is 11.0. The largest absolute Gasteiger partial charge is 0.325 e. The molecule has 0 atom stereocenters. The number of nitrogens with one attached hydrogen (secondary N) is 1. The van der Waals surface area contributed by atoms with Crippen molar-refractivity contribution in [3.05, 3.63) is 66.0 Å². The molecule has 8 heteroatoms. The molecule has 2 aromatic carbocycles. The first kappa shape index (κ1) is 17.1. The molecule has 0 bridgehead atoms. The maximum absolute atomic E-state index is 13.2. The standard InChI is InChI=1S/C17H14F2N4OS/c1-11-4-2-3-5-15(11)23-10-20-22-17(23)25-9-16(24)21-12-6-7-13(18)14(19)8-12/h2-8,10H,9H2,1H3,(H,21,24). The van der Waals surface area contributed by atoms with E-state index in [4.69, 9.17) is 0 Å². The fourth-order valence-electron chi connectivity index (χ4n) is 2.22. The van der Waals surface area contributed by atoms with Crippen molar-refractivity contribution in [2.45, 2.75) is 12.1 Å². The molecular formula is C17H14F2N4OS. The molecule has 0 fully saturated rings. The van der Waals surface area contributed by atoms with Gasteiger partial charge in [0.1, 0.15) is 6.33 Å². The van der Waals surface area contributed by atoms with E-state index < -0.39 is 11.6 Å². The van der Waals surface area contributed by atoms with Crippen molar-refractivity contribution in [2.75, 3.05) is 11.1 Å². The number of hydrogen-bond acceptors (Lipinski definition) is 4. The molecular weight excluding hydrogens is 346 g/mol. The second kappa shape index (κ2) is 7.43. The van der Waals surface area contributed by atoms with Crippen LogP contribution in [0, 0.1) is 18.6 Å². The lowest BCUT2D eigenvalue weighted by molar-refractivity contribution is -0.113. The highest BCUT2D eigenvalue weighted by atomic mass is 32.2. The van der Waals surface area contributed by atoms with Crippen LogP contribution >= 0.6 is 11.8 Å². The summed E-state index contributed by atoms with van der Waals surface area (Å²) in [5.41, 5.74) is 2.18. The molecule has 0 aliphatic heterocycles. The zero-order chi connectivity index (χ0) is 17.8. The molecule has 3 aromatic rings. The molecule has 0 spiro atoms. The Labute approximate surface area is 147 Å². The number of nitrogens with zero attached hydrogens (tertiary/aromatic N) is 3. The van der Waals surface area contributed by atoms with Crippen molar-refractivity contribution < 1.29 is 13.6 Å². The fraction of sp³-hybridized carbons (Fsp3) is 0.118. The Balaban J connectivity index is 1.66. The zero-order valence-corrected chi connectivity index (χ0v) is 14.1. The highest BCUT2D eigenvalue weighted by molar-refractivity contribution is 7.99. The molecule has 5 nitrogen and oxygen atoms in total. The molecule has 0 aliphatic carbocycles. The van der Waals surface area contributed by atoms with Gasteiger partial charge in [-0.15, -0.1) is 10.2 Å². The predicted octanol–water partition coefficient (Wildman–Crippen LogP) is 3.58. The second-order valence-electron chi connectivity index (χ2n) is 5.24. The smallest absolute Gasteiger partial charge is 0.234 e. The maximum Gasteiger partial charge on any atom is 0.234 e. The number of amides is 1. The van der Waals surface area contributed by atoms with Crippen LogP contribution in [0.1, 0.15) is 5.56 Å². The van der Waals surface area contributed by atoms with Crippen molar-refractivity contribution in [2.24, 2.45) is 0 Å². The van der Waals surface area contributed by atoms with Crippen LogP contribution in [0.25, 0.3) is 5.69 Å². The first-order valence-corrected chi connectivity index (χ1v) is 8.37. The van der Waals surface area contributed by atoms with Crippen LogP contribution in [0.2, 0.25) is 0 Å². The lowest BCUT2D eigenvalue weighted by atomic mass is 10.2. The number of carbonyl (C=O) groups excluding carboxylic acids is 1. The summed E-state index contributed by atoms with van der Waals surface area (Å²) in [7, 11) is 0. The number of rotatable bonds is 5. The molecule has 0 unspecified atom stereocenters. The van der Waals surface area contributed by atoms with Crippen LogP contribution in [0.4, 0.5) is 14.5 Å². The van der Waals surface area contributed by atoms with Gasteiger partial charge >= 0.3 is 0 Å². The average Bonchev–Trinajstić information content (AvgIpc) is 3.05. The summed E-state index contributed by atoms with van der Waals surface area (Å²) in [6.07, 6.45) is 1.58. The van der Waals surface area contributed by atoms with Gasteiger partial charge in [0.05, 0.1) is 11.4 Å². The van der Waals surface area contributed by atoms with E-state index in [-0.39, 0.29) is 17.3 Å². The molecule has 0 radical (unpaired) electrons. The molecule has 0 saturated heterocycles. The Morgan fingerprint density at radius 2 is 2.00 bits per heavy atom. The number of carbonyl (C=O) groups is 1. The minimum absolute atomic E-state index is 0.0591. The van der Waals surface area contributed by atoms with Gasteiger partial charge in [0.15, 0.2) is 16.8 Å². The maximum atomic E-state index is 13.2. The Morgan fingerprint density at radius 1 is 1.20 bits per heavy atom.